The zero-order valence-corrected chi connectivity index (χ0v) is 17.8. The molecular weight excluding hydrogens is 376 g/mol. The minimum atomic E-state index is -0.397. The van der Waals surface area contributed by atoms with Gasteiger partial charge in [0.1, 0.15) is 5.75 Å². The first-order chi connectivity index (χ1) is 14.6. The maximum absolute atomic E-state index is 13.4. The normalized spacial score (nSPS) is 22.2. The van der Waals surface area contributed by atoms with Crippen LogP contribution in [0.5, 0.6) is 5.75 Å². The highest BCUT2D eigenvalue weighted by Gasteiger charge is 2.43. The number of carbonyl (C=O) groups excluding carboxylic acids is 2. The number of para-hydroxylation sites is 1. The van der Waals surface area contributed by atoms with E-state index >= 15 is 0 Å². The molecule has 2 fully saturated rings. The van der Waals surface area contributed by atoms with Crippen LogP contribution in [-0.4, -0.2) is 25.0 Å². The lowest BCUT2D eigenvalue weighted by atomic mass is 9.82. The highest BCUT2D eigenvalue weighted by molar-refractivity contribution is 5.97. The fraction of sp³-hybridized carbons (Fsp3) is 0.440. The van der Waals surface area contributed by atoms with Gasteiger partial charge in [-0.1, -0.05) is 48.7 Å². The molecule has 1 saturated heterocycles. The van der Waals surface area contributed by atoms with Crippen molar-refractivity contribution in [2.75, 3.05) is 12.0 Å². The Hall–Kier alpha value is -2.82. The van der Waals surface area contributed by atoms with Gasteiger partial charge in [-0.15, -0.1) is 0 Å². The standard InChI is InChI=1S/C25H30N2O3/c1-17-11-13-19(14-12-17)27-23(28)16-15-21(25(29)26-18-7-3-4-8-18)24(27)20-9-5-6-10-22(20)30-2/h5-6,9-14,18,21,24H,3-4,7-8,15-16H2,1-2H3,(H,26,29). The number of rotatable bonds is 5. The van der Waals surface area contributed by atoms with Crippen LogP contribution < -0.4 is 15.0 Å². The van der Waals surface area contributed by atoms with Crippen molar-refractivity contribution in [2.45, 2.75) is 57.5 Å². The number of nitrogens with one attached hydrogen (secondary N) is 1. The second-order valence-electron chi connectivity index (χ2n) is 8.42. The van der Waals surface area contributed by atoms with Crippen LogP contribution in [0.1, 0.15) is 55.7 Å². The third-order valence-corrected chi connectivity index (χ3v) is 6.41. The number of carbonyl (C=O) groups is 2. The number of hydrogen-bond donors (Lipinski definition) is 1. The molecule has 4 rings (SSSR count). The third kappa shape index (κ3) is 4.07. The summed E-state index contributed by atoms with van der Waals surface area (Å²) in [5, 5.41) is 3.26. The van der Waals surface area contributed by atoms with Gasteiger partial charge < -0.3 is 15.0 Å². The van der Waals surface area contributed by atoms with Crippen LogP contribution in [0.4, 0.5) is 5.69 Å². The fourth-order valence-electron chi connectivity index (χ4n) is 4.82. The smallest absolute Gasteiger partial charge is 0.227 e. The van der Waals surface area contributed by atoms with Crippen molar-refractivity contribution < 1.29 is 14.3 Å². The molecule has 2 atom stereocenters. The van der Waals surface area contributed by atoms with Gasteiger partial charge in [-0.2, -0.15) is 0 Å². The van der Waals surface area contributed by atoms with Gasteiger partial charge in [0, 0.05) is 23.7 Å². The summed E-state index contributed by atoms with van der Waals surface area (Å²) in [5.41, 5.74) is 2.83. The predicted molar refractivity (Wildman–Crippen MR) is 118 cm³/mol. The molecule has 0 bridgehead atoms. The van der Waals surface area contributed by atoms with Crippen molar-refractivity contribution in [3.05, 3.63) is 59.7 Å². The van der Waals surface area contributed by atoms with Crippen molar-refractivity contribution in [3.8, 4) is 5.75 Å². The van der Waals surface area contributed by atoms with Gasteiger partial charge in [0.25, 0.3) is 0 Å². The van der Waals surface area contributed by atoms with E-state index in [1.807, 2.05) is 55.5 Å². The molecule has 2 aromatic rings. The molecular formula is C25H30N2O3. The molecule has 30 heavy (non-hydrogen) atoms. The molecule has 0 radical (unpaired) electrons. The van der Waals surface area contributed by atoms with Crippen LogP contribution in [0.3, 0.4) is 0 Å². The van der Waals surface area contributed by atoms with Crippen LogP contribution in [-0.2, 0) is 9.59 Å². The van der Waals surface area contributed by atoms with Crippen LogP contribution in [0.25, 0.3) is 0 Å². The summed E-state index contributed by atoms with van der Waals surface area (Å²) in [6.45, 7) is 2.03. The molecule has 1 aliphatic heterocycles. The van der Waals surface area contributed by atoms with Crippen LogP contribution in [0.2, 0.25) is 0 Å². The maximum Gasteiger partial charge on any atom is 0.227 e. The van der Waals surface area contributed by atoms with Gasteiger partial charge in [0.15, 0.2) is 0 Å². The first kappa shape index (κ1) is 20.5. The first-order valence-corrected chi connectivity index (χ1v) is 10.9. The summed E-state index contributed by atoms with van der Waals surface area (Å²) < 4.78 is 5.63. The Morgan fingerprint density at radius 2 is 1.73 bits per heavy atom. The second-order valence-corrected chi connectivity index (χ2v) is 8.42. The van der Waals surface area contributed by atoms with Crippen molar-refractivity contribution in [3.63, 3.8) is 0 Å². The molecule has 1 heterocycles. The van der Waals surface area contributed by atoms with Crippen molar-refractivity contribution in [1.82, 2.24) is 5.32 Å². The summed E-state index contributed by atoms with van der Waals surface area (Å²) in [6, 6.07) is 15.5. The number of methoxy groups -OCH3 is 1. The Kier molecular flexibility index (Phi) is 6.07. The lowest BCUT2D eigenvalue weighted by Crippen LogP contribution is -2.49. The number of piperidine rings is 1. The van der Waals surface area contributed by atoms with Gasteiger partial charge in [0.05, 0.1) is 19.1 Å². The Bertz CT molecular complexity index is 903. The van der Waals surface area contributed by atoms with Gasteiger partial charge in [-0.25, -0.2) is 0 Å². The van der Waals surface area contributed by atoms with E-state index in [0.717, 1.165) is 29.7 Å². The van der Waals surface area contributed by atoms with E-state index in [0.29, 0.717) is 18.6 Å². The number of nitrogens with zero attached hydrogens (tertiary/aromatic N) is 1. The summed E-state index contributed by atoms with van der Waals surface area (Å²) in [5.74, 6) is 0.468. The number of amides is 2. The Morgan fingerprint density at radius 1 is 1.03 bits per heavy atom. The topological polar surface area (TPSA) is 58.6 Å². The highest BCUT2D eigenvalue weighted by atomic mass is 16.5. The molecule has 2 aliphatic rings. The van der Waals surface area contributed by atoms with Crippen molar-refractivity contribution in [1.29, 1.82) is 0 Å². The molecule has 1 aliphatic carbocycles. The minimum Gasteiger partial charge on any atom is -0.496 e. The van der Waals surface area contributed by atoms with Gasteiger partial charge in [-0.3, -0.25) is 9.59 Å². The maximum atomic E-state index is 13.4. The van der Waals surface area contributed by atoms with Crippen molar-refractivity contribution >= 4 is 17.5 Å². The summed E-state index contributed by atoms with van der Waals surface area (Å²) in [6.07, 6.45) is 5.32. The van der Waals surface area contributed by atoms with Gasteiger partial charge >= 0.3 is 0 Å². The summed E-state index contributed by atoms with van der Waals surface area (Å²) >= 11 is 0. The highest BCUT2D eigenvalue weighted by Crippen LogP contribution is 2.43. The Balaban J connectivity index is 1.75. The Labute approximate surface area is 178 Å². The lowest BCUT2D eigenvalue weighted by molar-refractivity contribution is -0.129. The van der Waals surface area contributed by atoms with E-state index in [9.17, 15) is 9.59 Å². The molecule has 158 valence electrons. The Morgan fingerprint density at radius 3 is 2.43 bits per heavy atom. The molecule has 2 amide bonds. The molecule has 1 N–H and O–H groups in total. The summed E-state index contributed by atoms with van der Waals surface area (Å²) in [7, 11) is 1.63. The quantitative estimate of drug-likeness (QED) is 0.793. The first-order valence-electron chi connectivity index (χ1n) is 10.9. The molecule has 2 aromatic carbocycles. The van der Waals surface area contributed by atoms with E-state index in [-0.39, 0.29) is 23.8 Å². The van der Waals surface area contributed by atoms with Gasteiger partial charge in [-0.05, 0) is 44.4 Å². The van der Waals surface area contributed by atoms with Crippen LogP contribution in [0.15, 0.2) is 48.5 Å². The number of hydrogen-bond acceptors (Lipinski definition) is 3. The van der Waals surface area contributed by atoms with E-state index in [1.165, 1.54) is 12.8 Å². The lowest BCUT2D eigenvalue weighted by Gasteiger charge is -2.41. The number of benzene rings is 2. The molecule has 2 unspecified atom stereocenters. The van der Waals surface area contributed by atoms with E-state index < -0.39 is 6.04 Å². The SMILES string of the molecule is COc1ccccc1C1C(C(=O)NC2CCCC2)CCC(=O)N1c1ccc(C)cc1. The third-order valence-electron chi connectivity index (χ3n) is 6.41. The van der Waals surface area contributed by atoms with E-state index in [2.05, 4.69) is 5.32 Å². The number of anilines is 1. The van der Waals surface area contributed by atoms with Crippen LogP contribution in [0, 0.1) is 12.8 Å². The minimum absolute atomic E-state index is 0.0414. The average molecular weight is 407 g/mol. The number of ether oxygens (including phenoxy) is 1. The van der Waals surface area contributed by atoms with E-state index in [4.69, 9.17) is 4.74 Å². The molecule has 5 nitrogen and oxygen atoms in total. The zero-order chi connectivity index (χ0) is 21.1. The average Bonchev–Trinajstić information content (AvgIpc) is 3.27. The molecule has 0 aromatic heterocycles. The van der Waals surface area contributed by atoms with Crippen LogP contribution >= 0.6 is 0 Å². The predicted octanol–water partition coefficient (Wildman–Crippen LogP) is 4.55. The monoisotopic (exact) mass is 406 g/mol. The molecule has 1 saturated carbocycles. The largest absolute Gasteiger partial charge is 0.496 e. The van der Waals surface area contributed by atoms with E-state index in [1.54, 1.807) is 12.0 Å². The number of aryl methyl sites for hydroxylation is 1. The van der Waals surface area contributed by atoms with Gasteiger partial charge in [0.2, 0.25) is 11.8 Å². The fourth-order valence-corrected chi connectivity index (χ4v) is 4.82. The van der Waals surface area contributed by atoms with Crippen molar-refractivity contribution in [2.24, 2.45) is 5.92 Å². The molecule has 5 heteroatoms. The summed E-state index contributed by atoms with van der Waals surface area (Å²) in [4.78, 5) is 28.3. The molecule has 0 spiro atoms. The zero-order valence-electron chi connectivity index (χ0n) is 17.8. The second kappa shape index (κ2) is 8.90.